The zero-order chi connectivity index (χ0) is 18.1. The maximum atomic E-state index is 11.8. The number of hydrogen-bond donors (Lipinski definition) is 1. The highest BCUT2D eigenvalue weighted by molar-refractivity contribution is 6.17. The molecule has 0 bridgehead atoms. The number of alkyl halides is 1. The standard InChI is InChI=1S/C20H32ClN3O/c1-20(2,16-22-19(25)9-6-10-21)17-24-13-11-23(12-14-24)15-18-7-4-3-5-8-18/h3-5,7-8H,6,9-17H2,1-2H3,(H,22,25). The predicted octanol–water partition coefficient (Wildman–Crippen LogP) is 2.97. The molecule has 0 aliphatic carbocycles. The Morgan fingerprint density at radius 3 is 2.40 bits per heavy atom. The molecule has 0 atom stereocenters. The minimum atomic E-state index is 0.0816. The molecule has 0 aromatic heterocycles. The Hall–Kier alpha value is -1.10. The summed E-state index contributed by atoms with van der Waals surface area (Å²) in [6.07, 6.45) is 1.27. The van der Waals surface area contributed by atoms with Crippen molar-refractivity contribution in [1.29, 1.82) is 0 Å². The van der Waals surface area contributed by atoms with Gasteiger partial charge in [0.05, 0.1) is 0 Å². The first-order valence-corrected chi connectivity index (χ1v) is 9.83. The van der Waals surface area contributed by atoms with Gasteiger partial charge in [-0.25, -0.2) is 0 Å². The van der Waals surface area contributed by atoms with E-state index in [1.165, 1.54) is 5.56 Å². The van der Waals surface area contributed by atoms with Crippen molar-refractivity contribution in [1.82, 2.24) is 15.1 Å². The lowest BCUT2D eigenvalue weighted by Gasteiger charge is -2.39. The van der Waals surface area contributed by atoms with Crippen LogP contribution in [0.3, 0.4) is 0 Å². The van der Waals surface area contributed by atoms with Gasteiger partial charge < -0.3 is 10.2 Å². The topological polar surface area (TPSA) is 35.6 Å². The Kier molecular flexibility index (Phi) is 8.20. The van der Waals surface area contributed by atoms with E-state index in [2.05, 4.69) is 59.3 Å². The minimum absolute atomic E-state index is 0.0816. The number of halogens is 1. The lowest BCUT2D eigenvalue weighted by atomic mass is 9.92. The fourth-order valence-corrected chi connectivity index (χ4v) is 3.40. The largest absolute Gasteiger partial charge is 0.356 e. The highest BCUT2D eigenvalue weighted by Gasteiger charge is 2.25. The molecule has 0 radical (unpaired) electrons. The van der Waals surface area contributed by atoms with E-state index < -0.39 is 0 Å². The third kappa shape index (κ3) is 7.76. The number of nitrogens with zero attached hydrogens (tertiary/aromatic N) is 2. The van der Waals surface area contributed by atoms with Crippen molar-refractivity contribution < 1.29 is 4.79 Å². The van der Waals surface area contributed by atoms with Crippen molar-refractivity contribution in [2.24, 2.45) is 5.41 Å². The molecule has 1 N–H and O–H groups in total. The van der Waals surface area contributed by atoms with Crippen molar-refractivity contribution in [2.75, 3.05) is 45.1 Å². The second-order valence-electron chi connectivity index (χ2n) is 7.77. The number of nitrogens with one attached hydrogen (secondary N) is 1. The monoisotopic (exact) mass is 365 g/mol. The average molecular weight is 366 g/mol. The Labute approximate surface area is 157 Å². The van der Waals surface area contributed by atoms with Crippen molar-refractivity contribution in [2.45, 2.75) is 33.2 Å². The van der Waals surface area contributed by atoms with Crippen LogP contribution >= 0.6 is 11.6 Å². The maximum absolute atomic E-state index is 11.8. The Morgan fingerprint density at radius 2 is 1.76 bits per heavy atom. The zero-order valence-corrected chi connectivity index (χ0v) is 16.4. The van der Waals surface area contributed by atoms with Crippen molar-refractivity contribution in [3.05, 3.63) is 35.9 Å². The number of carbonyl (C=O) groups excluding carboxylic acids is 1. The van der Waals surface area contributed by atoms with Gasteiger partial charge in [0.15, 0.2) is 0 Å². The number of piperazine rings is 1. The quantitative estimate of drug-likeness (QED) is 0.683. The van der Waals surface area contributed by atoms with Gasteiger partial charge in [0.25, 0.3) is 0 Å². The van der Waals surface area contributed by atoms with Crippen LogP contribution in [0.4, 0.5) is 0 Å². The molecule has 1 amide bonds. The molecular weight excluding hydrogens is 334 g/mol. The zero-order valence-electron chi connectivity index (χ0n) is 15.6. The summed E-state index contributed by atoms with van der Waals surface area (Å²) in [7, 11) is 0. The SMILES string of the molecule is CC(C)(CNC(=O)CCCCl)CN1CCN(Cc2ccccc2)CC1. The molecule has 1 saturated heterocycles. The van der Waals surface area contributed by atoms with Crippen LogP contribution in [0.15, 0.2) is 30.3 Å². The summed E-state index contributed by atoms with van der Waals surface area (Å²) < 4.78 is 0. The molecule has 5 heteroatoms. The number of hydrogen-bond acceptors (Lipinski definition) is 3. The second-order valence-corrected chi connectivity index (χ2v) is 8.15. The van der Waals surface area contributed by atoms with Crippen LogP contribution < -0.4 is 5.32 Å². The normalized spacial score (nSPS) is 16.8. The van der Waals surface area contributed by atoms with Gasteiger partial charge in [-0.15, -0.1) is 11.6 Å². The molecule has 0 unspecified atom stereocenters. The summed E-state index contributed by atoms with van der Waals surface area (Å²) in [6, 6.07) is 10.7. The van der Waals surface area contributed by atoms with E-state index in [0.29, 0.717) is 12.3 Å². The van der Waals surface area contributed by atoms with E-state index in [1.54, 1.807) is 0 Å². The molecule has 1 heterocycles. The van der Waals surface area contributed by atoms with Crippen LogP contribution in [0.5, 0.6) is 0 Å². The lowest BCUT2D eigenvalue weighted by Crippen LogP contribution is -2.50. The van der Waals surface area contributed by atoms with E-state index in [1.807, 2.05) is 0 Å². The Morgan fingerprint density at radius 1 is 1.12 bits per heavy atom. The van der Waals surface area contributed by atoms with Crippen LogP contribution in [-0.2, 0) is 11.3 Å². The first kappa shape index (κ1) is 20.2. The molecule has 0 saturated carbocycles. The molecule has 1 aliphatic rings. The Bertz CT molecular complexity index is 513. The highest BCUT2D eigenvalue weighted by Crippen LogP contribution is 2.18. The summed E-state index contributed by atoms with van der Waals surface area (Å²) in [5.74, 6) is 0.658. The second kappa shape index (κ2) is 10.1. The van der Waals surface area contributed by atoms with Gasteiger partial charge in [-0.05, 0) is 17.4 Å². The van der Waals surface area contributed by atoms with Crippen molar-refractivity contribution in [3.8, 4) is 0 Å². The van der Waals surface area contributed by atoms with E-state index in [9.17, 15) is 4.79 Å². The molecule has 25 heavy (non-hydrogen) atoms. The molecule has 0 spiro atoms. The molecule has 1 aliphatic heterocycles. The number of amides is 1. The van der Waals surface area contributed by atoms with Gasteiger partial charge >= 0.3 is 0 Å². The van der Waals surface area contributed by atoms with Crippen LogP contribution in [0, 0.1) is 5.41 Å². The first-order chi connectivity index (χ1) is 12.0. The Balaban J connectivity index is 1.68. The van der Waals surface area contributed by atoms with Gasteiger partial charge in [-0.2, -0.15) is 0 Å². The molecule has 2 rings (SSSR count). The summed E-state index contributed by atoms with van der Waals surface area (Å²) >= 11 is 5.64. The molecule has 1 fully saturated rings. The molecule has 1 aromatic rings. The third-order valence-electron chi connectivity index (χ3n) is 4.67. The smallest absolute Gasteiger partial charge is 0.220 e. The van der Waals surface area contributed by atoms with Gasteiger partial charge in [-0.1, -0.05) is 44.2 Å². The number of rotatable bonds is 9. The number of benzene rings is 1. The van der Waals surface area contributed by atoms with Crippen LogP contribution in [0.1, 0.15) is 32.3 Å². The average Bonchev–Trinajstić information content (AvgIpc) is 2.61. The van der Waals surface area contributed by atoms with E-state index in [0.717, 1.165) is 52.2 Å². The fourth-order valence-electron chi connectivity index (χ4n) is 3.26. The summed E-state index contributed by atoms with van der Waals surface area (Å²) in [5.41, 5.74) is 1.47. The van der Waals surface area contributed by atoms with Crippen LogP contribution in [0.2, 0.25) is 0 Å². The summed E-state index contributed by atoms with van der Waals surface area (Å²) in [6.45, 7) is 11.6. The van der Waals surface area contributed by atoms with Crippen molar-refractivity contribution in [3.63, 3.8) is 0 Å². The van der Waals surface area contributed by atoms with E-state index in [-0.39, 0.29) is 11.3 Å². The molecular formula is C20H32ClN3O. The van der Waals surface area contributed by atoms with E-state index >= 15 is 0 Å². The summed E-state index contributed by atoms with van der Waals surface area (Å²) in [5, 5.41) is 3.05. The van der Waals surface area contributed by atoms with E-state index in [4.69, 9.17) is 11.6 Å². The molecule has 140 valence electrons. The maximum Gasteiger partial charge on any atom is 0.220 e. The fraction of sp³-hybridized carbons (Fsp3) is 0.650. The van der Waals surface area contributed by atoms with Gasteiger partial charge in [0, 0.05) is 58.1 Å². The van der Waals surface area contributed by atoms with Gasteiger partial charge in [-0.3, -0.25) is 9.69 Å². The molecule has 4 nitrogen and oxygen atoms in total. The highest BCUT2D eigenvalue weighted by atomic mass is 35.5. The summed E-state index contributed by atoms with van der Waals surface area (Å²) in [4.78, 5) is 16.8. The predicted molar refractivity (Wildman–Crippen MR) is 105 cm³/mol. The molecule has 1 aromatic carbocycles. The number of carbonyl (C=O) groups is 1. The van der Waals surface area contributed by atoms with Crippen LogP contribution in [-0.4, -0.2) is 60.9 Å². The minimum Gasteiger partial charge on any atom is -0.356 e. The van der Waals surface area contributed by atoms with Gasteiger partial charge in [0.1, 0.15) is 0 Å². The third-order valence-corrected chi connectivity index (χ3v) is 4.93. The van der Waals surface area contributed by atoms with Crippen molar-refractivity contribution >= 4 is 17.5 Å². The lowest BCUT2D eigenvalue weighted by molar-refractivity contribution is -0.121. The first-order valence-electron chi connectivity index (χ1n) is 9.30. The van der Waals surface area contributed by atoms with Gasteiger partial charge in [0.2, 0.25) is 5.91 Å². The van der Waals surface area contributed by atoms with Crippen LogP contribution in [0.25, 0.3) is 0 Å².